The number of hydrogen-bond acceptors (Lipinski definition) is 5. The maximum absolute atomic E-state index is 12.1. The number of aryl methyl sites for hydroxylation is 2. The Hall–Kier alpha value is -1.74. The third kappa shape index (κ3) is 4.64. The van der Waals surface area contributed by atoms with Crippen LogP contribution in [0.15, 0.2) is 52.3 Å². The number of sulfonamides is 1. The summed E-state index contributed by atoms with van der Waals surface area (Å²) in [5, 5.41) is 5.18. The zero-order chi connectivity index (χ0) is 18.0. The molecule has 0 atom stereocenters. The zero-order valence-corrected chi connectivity index (χ0v) is 15.0. The Balaban J connectivity index is 2.15. The van der Waals surface area contributed by atoms with Crippen LogP contribution in [0, 0.1) is 13.8 Å². The van der Waals surface area contributed by atoms with Gasteiger partial charge in [0.25, 0.3) is 10.1 Å². The van der Waals surface area contributed by atoms with Crippen LogP contribution < -0.4 is 5.14 Å². The average Bonchev–Trinajstić information content (AvgIpc) is 2.46. The number of primary sulfonamides is 1. The molecule has 0 saturated carbocycles. The topological polar surface area (TPSA) is 104 Å². The molecule has 0 amide bonds. The van der Waals surface area contributed by atoms with Gasteiger partial charge < -0.3 is 0 Å². The summed E-state index contributed by atoms with van der Waals surface area (Å²) in [5.74, 6) is 0. The van der Waals surface area contributed by atoms with Crippen molar-refractivity contribution in [1.82, 2.24) is 0 Å². The number of benzene rings is 2. The van der Waals surface area contributed by atoms with Crippen LogP contribution in [-0.2, 0) is 30.7 Å². The Kier molecular flexibility index (Phi) is 5.44. The van der Waals surface area contributed by atoms with Gasteiger partial charge in [0.1, 0.15) is 0 Å². The molecular weight excluding hydrogens is 350 g/mol. The van der Waals surface area contributed by atoms with Gasteiger partial charge in [0, 0.05) is 0 Å². The summed E-state index contributed by atoms with van der Waals surface area (Å²) in [6, 6.07) is 11.0. The van der Waals surface area contributed by atoms with Gasteiger partial charge in [-0.2, -0.15) is 8.42 Å². The zero-order valence-electron chi connectivity index (χ0n) is 13.4. The number of nitrogens with two attached hydrogens (primary N) is 1. The second-order valence-electron chi connectivity index (χ2n) is 5.50. The fourth-order valence-corrected chi connectivity index (χ4v) is 3.91. The van der Waals surface area contributed by atoms with Gasteiger partial charge in [-0.05, 0) is 44.0 Å². The normalized spacial score (nSPS) is 12.3. The van der Waals surface area contributed by atoms with Crippen molar-refractivity contribution in [1.29, 1.82) is 0 Å². The minimum absolute atomic E-state index is 0.0237. The quantitative estimate of drug-likeness (QED) is 0.783. The van der Waals surface area contributed by atoms with E-state index >= 15 is 0 Å². The maximum atomic E-state index is 12.1. The third-order valence-electron chi connectivity index (χ3n) is 3.44. The molecule has 0 aliphatic rings. The minimum Gasteiger partial charge on any atom is -0.266 e. The first-order valence-electron chi connectivity index (χ1n) is 7.18. The Morgan fingerprint density at radius 2 is 1.50 bits per heavy atom. The van der Waals surface area contributed by atoms with E-state index in [-0.39, 0.29) is 22.8 Å². The maximum Gasteiger partial charge on any atom is 0.296 e. The van der Waals surface area contributed by atoms with Crippen LogP contribution in [0.4, 0.5) is 0 Å². The van der Waals surface area contributed by atoms with Gasteiger partial charge in [0.2, 0.25) is 10.0 Å². The predicted molar refractivity (Wildman–Crippen MR) is 90.6 cm³/mol. The van der Waals surface area contributed by atoms with Gasteiger partial charge in [-0.15, -0.1) is 0 Å². The number of rotatable bonds is 6. The first-order chi connectivity index (χ1) is 11.1. The molecule has 2 aromatic rings. The molecule has 2 N–H and O–H groups in total. The largest absolute Gasteiger partial charge is 0.296 e. The van der Waals surface area contributed by atoms with E-state index < -0.39 is 20.1 Å². The van der Waals surface area contributed by atoms with E-state index in [1.54, 1.807) is 31.2 Å². The van der Waals surface area contributed by atoms with E-state index in [0.717, 1.165) is 11.1 Å². The van der Waals surface area contributed by atoms with E-state index in [1.807, 2.05) is 6.92 Å². The summed E-state index contributed by atoms with van der Waals surface area (Å²) in [4.78, 5) is 0.0356. The highest BCUT2D eigenvalue weighted by Gasteiger charge is 2.17. The Bertz CT molecular complexity index is 933. The summed E-state index contributed by atoms with van der Waals surface area (Å²) in [6.07, 6.45) is 0.110. The fraction of sp³-hybridized carbons (Fsp3) is 0.250. The summed E-state index contributed by atoms with van der Waals surface area (Å²) in [7, 11) is -7.76. The lowest BCUT2D eigenvalue weighted by atomic mass is 10.1. The van der Waals surface area contributed by atoms with Crippen LogP contribution >= 0.6 is 0 Å². The SMILES string of the molecule is Cc1ccc(S(=O)(=O)OCCc2cc(C)ccc2S(N)(=O)=O)cc1. The highest BCUT2D eigenvalue weighted by atomic mass is 32.2. The van der Waals surface area contributed by atoms with Crippen molar-refractivity contribution in [3.05, 3.63) is 59.2 Å². The minimum atomic E-state index is -3.89. The molecule has 24 heavy (non-hydrogen) atoms. The number of hydrogen-bond donors (Lipinski definition) is 1. The first-order valence-corrected chi connectivity index (χ1v) is 10.1. The molecule has 0 heterocycles. The second-order valence-corrected chi connectivity index (χ2v) is 8.64. The Morgan fingerprint density at radius 3 is 2.08 bits per heavy atom. The Labute approximate surface area is 142 Å². The highest BCUT2D eigenvalue weighted by molar-refractivity contribution is 7.89. The second kappa shape index (κ2) is 7.02. The van der Waals surface area contributed by atoms with E-state index in [0.29, 0.717) is 5.56 Å². The molecule has 130 valence electrons. The van der Waals surface area contributed by atoms with Crippen molar-refractivity contribution in [3.8, 4) is 0 Å². The lowest BCUT2D eigenvalue weighted by molar-refractivity contribution is 0.321. The molecule has 0 saturated heterocycles. The molecule has 0 radical (unpaired) electrons. The monoisotopic (exact) mass is 369 g/mol. The van der Waals surface area contributed by atoms with Crippen LogP contribution in [0.3, 0.4) is 0 Å². The molecule has 2 aromatic carbocycles. The molecule has 0 bridgehead atoms. The van der Waals surface area contributed by atoms with Gasteiger partial charge in [0.15, 0.2) is 0 Å². The van der Waals surface area contributed by atoms with Crippen LogP contribution in [0.5, 0.6) is 0 Å². The first kappa shape index (κ1) is 18.6. The summed E-state index contributed by atoms with van der Waals surface area (Å²) in [6.45, 7) is 3.48. The van der Waals surface area contributed by atoms with Crippen molar-refractivity contribution >= 4 is 20.1 Å². The van der Waals surface area contributed by atoms with Crippen molar-refractivity contribution in [2.75, 3.05) is 6.61 Å². The van der Waals surface area contributed by atoms with E-state index in [9.17, 15) is 16.8 Å². The lowest BCUT2D eigenvalue weighted by Gasteiger charge is -2.10. The van der Waals surface area contributed by atoms with Gasteiger partial charge in [-0.25, -0.2) is 13.6 Å². The van der Waals surface area contributed by atoms with Crippen molar-refractivity contribution in [2.45, 2.75) is 30.1 Å². The highest BCUT2D eigenvalue weighted by Crippen LogP contribution is 2.18. The fourth-order valence-electron chi connectivity index (χ4n) is 2.22. The smallest absolute Gasteiger partial charge is 0.266 e. The molecule has 0 unspecified atom stereocenters. The van der Waals surface area contributed by atoms with Crippen LogP contribution in [-0.4, -0.2) is 23.4 Å². The van der Waals surface area contributed by atoms with Gasteiger partial charge in [-0.3, -0.25) is 4.18 Å². The molecule has 0 fully saturated rings. The molecule has 2 rings (SSSR count). The average molecular weight is 369 g/mol. The molecule has 8 heteroatoms. The van der Waals surface area contributed by atoms with Crippen LogP contribution in [0.25, 0.3) is 0 Å². The molecular formula is C16H19NO5S2. The summed E-state index contributed by atoms with van der Waals surface area (Å²) >= 11 is 0. The van der Waals surface area contributed by atoms with Gasteiger partial charge in [0.05, 0.1) is 16.4 Å². The van der Waals surface area contributed by atoms with Gasteiger partial charge >= 0.3 is 0 Å². The molecule has 6 nitrogen and oxygen atoms in total. The van der Waals surface area contributed by atoms with E-state index in [1.165, 1.54) is 18.2 Å². The van der Waals surface area contributed by atoms with Crippen LogP contribution in [0.2, 0.25) is 0 Å². The lowest BCUT2D eigenvalue weighted by Crippen LogP contribution is -2.16. The standard InChI is InChI=1S/C16H19NO5S2/c1-12-3-6-15(7-4-12)24(20,21)22-10-9-14-11-13(2)5-8-16(14)23(17,18)19/h3-8,11H,9-10H2,1-2H3,(H2,17,18,19). The van der Waals surface area contributed by atoms with Crippen molar-refractivity contribution in [3.63, 3.8) is 0 Å². The molecule has 0 spiro atoms. The predicted octanol–water partition coefficient (Wildman–Crippen LogP) is 1.90. The third-order valence-corrected chi connectivity index (χ3v) is 5.78. The summed E-state index contributed by atoms with van der Waals surface area (Å²) < 4.78 is 52.4. The Morgan fingerprint density at radius 1 is 0.917 bits per heavy atom. The van der Waals surface area contributed by atoms with E-state index in [2.05, 4.69) is 0 Å². The summed E-state index contributed by atoms with van der Waals surface area (Å²) in [5.41, 5.74) is 2.21. The molecule has 0 aromatic heterocycles. The van der Waals surface area contributed by atoms with Gasteiger partial charge in [-0.1, -0.05) is 35.4 Å². The van der Waals surface area contributed by atoms with Crippen molar-refractivity contribution < 1.29 is 21.0 Å². The molecule has 0 aliphatic carbocycles. The molecule has 0 aliphatic heterocycles. The van der Waals surface area contributed by atoms with Crippen LogP contribution in [0.1, 0.15) is 16.7 Å². The van der Waals surface area contributed by atoms with Crippen molar-refractivity contribution in [2.24, 2.45) is 5.14 Å². The van der Waals surface area contributed by atoms with E-state index in [4.69, 9.17) is 9.32 Å².